The van der Waals surface area contributed by atoms with Crippen LogP contribution in [-0.4, -0.2) is 52.4 Å². The second kappa shape index (κ2) is 10.8. The molecule has 0 bridgehead atoms. The molecule has 0 unspecified atom stereocenters. The molecule has 0 aliphatic carbocycles. The van der Waals surface area contributed by atoms with E-state index in [1.54, 1.807) is 0 Å². The zero-order valence-electron chi connectivity index (χ0n) is 20.3. The van der Waals surface area contributed by atoms with E-state index in [-0.39, 0.29) is 12.1 Å². The van der Waals surface area contributed by atoms with Gasteiger partial charge in [-0.15, -0.1) is 0 Å². The first-order valence-corrected chi connectivity index (χ1v) is 13.5. The second-order valence-electron chi connectivity index (χ2n) is 9.26. The lowest BCUT2D eigenvalue weighted by Gasteiger charge is -2.28. The predicted octanol–water partition coefficient (Wildman–Crippen LogP) is 5.16. The smallest absolute Gasteiger partial charge is 0.174 e. The van der Waals surface area contributed by atoms with Gasteiger partial charge in [0.25, 0.3) is 0 Å². The van der Waals surface area contributed by atoms with Crippen LogP contribution in [0.5, 0.6) is 0 Å². The highest BCUT2D eigenvalue weighted by Gasteiger charge is 2.42. The van der Waals surface area contributed by atoms with Gasteiger partial charge < -0.3 is 19.5 Å². The lowest BCUT2D eigenvalue weighted by atomic mass is 9.96. The fourth-order valence-electron chi connectivity index (χ4n) is 5.30. The topological polar surface area (TPSA) is 45.6 Å². The van der Waals surface area contributed by atoms with Gasteiger partial charge in [0.1, 0.15) is 0 Å². The van der Waals surface area contributed by atoms with E-state index in [0.29, 0.717) is 0 Å². The van der Waals surface area contributed by atoms with Crippen molar-refractivity contribution in [2.45, 2.75) is 38.9 Å². The second-order valence-corrected chi connectivity index (χ2v) is 10.6. The quantitative estimate of drug-likeness (QED) is 0.407. The van der Waals surface area contributed by atoms with Crippen molar-refractivity contribution in [3.05, 3.63) is 81.8 Å². The largest absolute Gasteiger partial charge is 0.379 e. The third-order valence-electron chi connectivity index (χ3n) is 7.09. The number of ether oxygens (including phenoxy) is 1. The van der Waals surface area contributed by atoms with Crippen molar-refractivity contribution in [2.24, 2.45) is 0 Å². The molecule has 0 spiro atoms. The van der Waals surface area contributed by atoms with E-state index in [0.717, 1.165) is 66.8 Å². The molecule has 184 valence electrons. The summed E-state index contributed by atoms with van der Waals surface area (Å²) in [7, 11) is 0. The monoisotopic (exact) mass is 553 g/mol. The van der Waals surface area contributed by atoms with Crippen molar-refractivity contribution in [3.8, 4) is 0 Å². The van der Waals surface area contributed by atoms with Crippen molar-refractivity contribution in [1.29, 1.82) is 0 Å². The van der Waals surface area contributed by atoms with E-state index < -0.39 is 0 Å². The fraction of sp³-hybridized carbons (Fsp3) is 0.407. The van der Waals surface area contributed by atoms with Gasteiger partial charge in [0.15, 0.2) is 5.11 Å². The number of pyridine rings is 1. The minimum atomic E-state index is -0.0327. The molecule has 0 amide bonds. The maximum Gasteiger partial charge on any atom is 0.174 e. The molecular weight excluding hydrogens is 522 g/mol. The zero-order valence-corrected chi connectivity index (χ0v) is 22.7. The van der Waals surface area contributed by atoms with Crippen LogP contribution in [0.4, 0.5) is 5.69 Å². The zero-order chi connectivity index (χ0) is 24.4. The molecule has 0 radical (unpaired) electrons. The van der Waals surface area contributed by atoms with Gasteiger partial charge >= 0.3 is 0 Å². The Morgan fingerprint density at radius 1 is 1.09 bits per heavy atom. The normalized spacial score (nSPS) is 20.9. The molecule has 2 aromatic heterocycles. The van der Waals surface area contributed by atoms with Crippen molar-refractivity contribution in [1.82, 2.24) is 19.8 Å². The molecular formula is C27H32BrN5OS. The summed E-state index contributed by atoms with van der Waals surface area (Å²) < 4.78 is 9.01. The molecule has 0 saturated carbocycles. The number of nitrogens with one attached hydrogen (secondary N) is 1. The molecule has 5 rings (SSSR count). The maximum absolute atomic E-state index is 5.89. The van der Waals surface area contributed by atoms with Crippen LogP contribution in [-0.2, 0) is 11.3 Å². The number of morpholine rings is 1. The van der Waals surface area contributed by atoms with Crippen LogP contribution in [0, 0.1) is 13.8 Å². The molecule has 2 saturated heterocycles. The van der Waals surface area contributed by atoms with Gasteiger partial charge in [-0.2, -0.15) is 0 Å². The van der Waals surface area contributed by atoms with Crippen LogP contribution >= 0.6 is 28.1 Å². The molecule has 1 N–H and O–H groups in total. The highest BCUT2D eigenvalue weighted by atomic mass is 79.9. The van der Waals surface area contributed by atoms with Crippen molar-refractivity contribution in [3.63, 3.8) is 0 Å². The molecule has 3 aromatic rings. The lowest BCUT2D eigenvalue weighted by molar-refractivity contribution is 0.0369. The Hall–Kier alpha value is -2.26. The molecule has 2 atom stereocenters. The van der Waals surface area contributed by atoms with Crippen LogP contribution in [0.15, 0.2) is 59.2 Å². The number of hydrogen-bond donors (Lipinski definition) is 1. The average Bonchev–Trinajstić information content (AvgIpc) is 3.36. The molecule has 2 fully saturated rings. The summed E-state index contributed by atoms with van der Waals surface area (Å²) in [5, 5.41) is 4.31. The van der Waals surface area contributed by atoms with Crippen molar-refractivity contribution in [2.75, 3.05) is 37.7 Å². The predicted molar refractivity (Wildman–Crippen MR) is 148 cm³/mol. The molecule has 6 nitrogen and oxygen atoms in total. The number of anilines is 1. The SMILES string of the molecule is Cc1cc([C@@H]2[C@H](c3ccccn3)NC(=S)N2c2ccc(Br)cc2)c(C)n1CCCN1CCOCC1. The summed E-state index contributed by atoms with van der Waals surface area (Å²) in [4.78, 5) is 9.45. The van der Waals surface area contributed by atoms with Gasteiger partial charge in [0.2, 0.25) is 0 Å². The highest BCUT2D eigenvalue weighted by Crippen LogP contribution is 2.43. The van der Waals surface area contributed by atoms with Gasteiger partial charge in [-0.25, -0.2) is 0 Å². The standard InChI is InChI=1S/C27H32BrN5OS/c1-19-18-23(20(2)32(19)13-5-12-31-14-16-34-17-15-31)26-25(24-6-3-4-11-29-24)30-27(35)33(26)22-9-7-21(28)8-10-22/h3-4,6-11,18,25-26H,5,12-17H2,1-2H3,(H,30,35)/t25-,26+/m0/s1. The van der Waals surface area contributed by atoms with E-state index in [2.05, 4.69) is 85.9 Å². The average molecular weight is 555 g/mol. The molecule has 2 aliphatic rings. The van der Waals surface area contributed by atoms with Crippen LogP contribution < -0.4 is 10.2 Å². The molecule has 8 heteroatoms. The Labute approximate surface area is 221 Å². The Kier molecular flexibility index (Phi) is 7.53. The van der Waals surface area contributed by atoms with E-state index in [4.69, 9.17) is 21.9 Å². The van der Waals surface area contributed by atoms with E-state index in [1.165, 1.54) is 17.0 Å². The van der Waals surface area contributed by atoms with Crippen LogP contribution in [0.3, 0.4) is 0 Å². The van der Waals surface area contributed by atoms with E-state index in [1.807, 2.05) is 18.3 Å². The van der Waals surface area contributed by atoms with E-state index in [9.17, 15) is 0 Å². The third-order valence-corrected chi connectivity index (χ3v) is 7.94. The summed E-state index contributed by atoms with van der Waals surface area (Å²) >= 11 is 9.45. The first-order valence-electron chi connectivity index (χ1n) is 12.3. The number of aryl methyl sites for hydroxylation is 1. The fourth-order valence-corrected chi connectivity index (χ4v) is 5.91. The summed E-state index contributed by atoms with van der Waals surface area (Å²) in [6.07, 6.45) is 2.98. The van der Waals surface area contributed by atoms with Crippen LogP contribution in [0.25, 0.3) is 0 Å². The Balaban J connectivity index is 1.46. The number of halogens is 1. The van der Waals surface area contributed by atoms with Crippen LogP contribution in [0.2, 0.25) is 0 Å². The highest BCUT2D eigenvalue weighted by molar-refractivity contribution is 9.10. The van der Waals surface area contributed by atoms with Crippen LogP contribution in [0.1, 0.15) is 41.1 Å². The number of aromatic nitrogens is 2. The third kappa shape index (κ3) is 5.16. The number of hydrogen-bond acceptors (Lipinski definition) is 4. The molecule has 1 aromatic carbocycles. The molecule has 2 aliphatic heterocycles. The number of nitrogens with zero attached hydrogens (tertiary/aromatic N) is 4. The Bertz CT molecular complexity index is 1160. The number of benzene rings is 1. The summed E-state index contributed by atoms with van der Waals surface area (Å²) in [5.74, 6) is 0. The Morgan fingerprint density at radius 3 is 2.57 bits per heavy atom. The summed E-state index contributed by atoms with van der Waals surface area (Å²) in [6.45, 7) is 10.3. The van der Waals surface area contributed by atoms with Gasteiger partial charge in [-0.3, -0.25) is 9.88 Å². The van der Waals surface area contributed by atoms with Gasteiger partial charge in [0, 0.05) is 53.9 Å². The Morgan fingerprint density at radius 2 is 1.86 bits per heavy atom. The van der Waals surface area contributed by atoms with Gasteiger partial charge in [-0.1, -0.05) is 22.0 Å². The first kappa shape index (κ1) is 24.4. The minimum absolute atomic E-state index is 0.0118. The maximum atomic E-state index is 5.89. The van der Waals surface area contributed by atoms with E-state index >= 15 is 0 Å². The number of rotatable bonds is 7. The molecule has 4 heterocycles. The van der Waals surface area contributed by atoms with Crippen molar-refractivity contribution < 1.29 is 4.74 Å². The molecule has 35 heavy (non-hydrogen) atoms. The van der Waals surface area contributed by atoms with Gasteiger partial charge in [0.05, 0.1) is 31.0 Å². The van der Waals surface area contributed by atoms with Crippen molar-refractivity contribution >= 4 is 38.9 Å². The lowest BCUT2D eigenvalue weighted by Crippen LogP contribution is -2.37. The first-order chi connectivity index (χ1) is 17.0. The number of thiocarbonyl (C=S) groups is 1. The summed E-state index contributed by atoms with van der Waals surface area (Å²) in [6, 6.07) is 16.8. The summed E-state index contributed by atoms with van der Waals surface area (Å²) in [5.41, 5.74) is 5.94. The minimum Gasteiger partial charge on any atom is -0.379 e. The van der Waals surface area contributed by atoms with Gasteiger partial charge in [-0.05, 0) is 80.5 Å².